The average molecular weight is 615 g/mol. The first-order valence-corrected chi connectivity index (χ1v) is 14.4. The fraction of sp³-hybridized carbons (Fsp3) is 0.321. The van der Waals surface area contributed by atoms with Gasteiger partial charge in [0.2, 0.25) is 0 Å². The minimum absolute atomic E-state index is 0.0184. The number of carboxylic acid groups (broad SMARTS) is 1. The van der Waals surface area contributed by atoms with Crippen LogP contribution in [0.4, 0.5) is 18.9 Å². The van der Waals surface area contributed by atoms with E-state index in [9.17, 15) is 26.7 Å². The highest BCUT2D eigenvalue weighted by Gasteiger charge is 2.38. The van der Waals surface area contributed by atoms with E-state index in [0.717, 1.165) is 25.2 Å². The maximum atomic E-state index is 13.7. The van der Waals surface area contributed by atoms with Crippen molar-refractivity contribution in [2.45, 2.75) is 37.4 Å². The van der Waals surface area contributed by atoms with Crippen LogP contribution in [0.2, 0.25) is 5.02 Å². The van der Waals surface area contributed by atoms with Gasteiger partial charge in [-0.05, 0) is 92.5 Å². The number of alkyl halides is 3. The largest absolute Gasteiger partial charge is 0.508 e. The molecule has 13 heteroatoms. The van der Waals surface area contributed by atoms with Crippen molar-refractivity contribution in [3.63, 3.8) is 0 Å². The summed E-state index contributed by atoms with van der Waals surface area (Å²) in [7, 11) is -3.88. The van der Waals surface area contributed by atoms with Crippen LogP contribution in [0.25, 0.3) is 0 Å². The molecule has 0 aromatic heterocycles. The number of phenolic OH excluding ortho intramolecular Hbond substituents is 1. The Bertz CT molecular complexity index is 1430. The molecule has 2 N–H and O–H groups in total. The summed E-state index contributed by atoms with van der Waals surface area (Å²) in [4.78, 5) is 11.5. The highest BCUT2D eigenvalue weighted by molar-refractivity contribution is 7.92. The Morgan fingerprint density at radius 1 is 1.05 bits per heavy atom. The summed E-state index contributed by atoms with van der Waals surface area (Å²) in [6.07, 6.45) is -2.60. The van der Waals surface area contributed by atoms with Gasteiger partial charge < -0.3 is 14.9 Å². The first-order chi connectivity index (χ1) is 19.3. The molecule has 0 unspecified atom stereocenters. The minimum Gasteiger partial charge on any atom is -0.508 e. The number of phenols is 1. The SMILES string of the molecule is Cc1cccc(S(=O)(=O)N(Cc2ccc(O)cc2Cl)c2ccc(OCCN3CCCC3)cc2)c1.O=C(O)C(F)(F)F. The molecule has 0 bridgehead atoms. The van der Waals surface area contributed by atoms with Crippen molar-refractivity contribution in [3.8, 4) is 11.5 Å². The molecule has 222 valence electrons. The second-order valence-electron chi connectivity index (χ2n) is 9.30. The number of likely N-dealkylation sites (tertiary alicyclic amines) is 1. The van der Waals surface area contributed by atoms with Gasteiger partial charge in [0.15, 0.2) is 0 Å². The number of carbonyl (C=O) groups is 1. The monoisotopic (exact) mass is 614 g/mol. The number of hydrogen-bond acceptors (Lipinski definition) is 6. The fourth-order valence-corrected chi connectivity index (χ4v) is 5.83. The van der Waals surface area contributed by atoms with Crippen LogP contribution in [-0.4, -0.2) is 61.9 Å². The van der Waals surface area contributed by atoms with Crippen molar-refractivity contribution < 1.29 is 41.3 Å². The predicted octanol–water partition coefficient (Wildman–Crippen LogP) is 5.86. The van der Waals surface area contributed by atoms with E-state index in [2.05, 4.69) is 4.90 Å². The van der Waals surface area contributed by atoms with E-state index in [1.54, 1.807) is 48.5 Å². The molecule has 3 aromatic carbocycles. The smallest absolute Gasteiger partial charge is 0.490 e. The van der Waals surface area contributed by atoms with Crippen molar-refractivity contribution in [1.82, 2.24) is 4.90 Å². The Kier molecular flexibility index (Phi) is 10.9. The van der Waals surface area contributed by atoms with Crippen LogP contribution in [0.5, 0.6) is 11.5 Å². The zero-order chi connectivity index (χ0) is 30.2. The van der Waals surface area contributed by atoms with E-state index in [1.165, 1.54) is 29.3 Å². The Morgan fingerprint density at radius 3 is 2.24 bits per heavy atom. The van der Waals surface area contributed by atoms with E-state index < -0.39 is 22.2 Å². The number of aliphatic carboxylic acids is 1. The molecule has 1 saturated heterocycles. The number of carboxylic acids is 1. The van der Waals surface area contributed by atoms with Gasteiger partial charge in [0.05, 0.1) is 17.1 Å². The van der Waals surface area contributed by atoms with Crippen molar-refractivity contribution in [3.05, 3.63) is 82.9 Å². The zero-order valence-corrected chi connectivity index (χ0v) is 23.7. The van der Waals surface area contributed by atoms with E-state index in [4.69, 9.17) is 26.2 Å². The predicted molar refractivity (Wildman–Crippen MR) is 149 cm³/mol. The number of aromatic hydroxyl groups is 1. The van der Waals surface area contributed by atoms with Gasteiger partial charge in [-0.2, -0.15) is 13.2 Å². The van der Waals surface area contributed by atoms with Crippen LogP contribution in [0.1, 0.15) is 24.0 Å². The van der Waals surface area contributed by atoms with Gasteiger partial charge in [-0.15, -0.1) is 0 Å². The molecule has 1 aliphatic rings. The molecule has 8 nitrogen and oxygen atoms in total. The van der Waals surface area contributed by atoms with Crippen molar-refractivity contribution >= 4 is 33.3 Å². The van der Waals surface area contributed by atoms with Gasteiger partial charge in [-0.3, -0.25) is 9.21 Å². The maximum Gasteiger partial charge on any atom is 0.490 e. The molecule has 0 radical (unpaired) electrons. The van der Waals surface area contributed by atoms with E-state index in [0.29, 0.717) is 28.6 Å². The molecule has 0 saturated carbocycles. The van der Waals surface area contributed by atoms with Gasteiger partial charge in [-0.1, -0.05) is 29.8 Å². The van der Waals surface area contributed by atoms with Gasteiger partial charge in [0.25, 0.3) is 10.0 Å². The number of rotatable bonds is 9. The maximum absolute atomic E-state index is 13.7. The average Bonchev–Trinajstić information content (AvgIpc) is 3.42. The van der Waals surface area contributed by atoms with Crippen molar-refractivity contribution in [2.75, 3.05) is 30.5 Å². The third kappa shape index (κ3) is 9.27. The Hall–Kier alpha value is -3.48. The molecule has 0 amide bonds. The number of benzene rings is 3. The lowest BCUT2D eigenvalue weighted by atomic mass is 10.2. The highest BCUT2D eigenvalue weighted by Crippen LogP contribution is 2.31. The molecule has 41 heavy (non-hydrogen) atoms. The number of nitrogens with zero attached hydrogens (tertiary/aromatic N) is 2. The van der Waals surface area contributed by atoms with Gasteiger partial charge in [0, 0.05) is 11.6 Å². The van der Waals surface area contributed by atoms with Crippen LogP contribution in [-0.2, 0) is 21.4 Å². The van der Waals surface area contributed by atoms with Crippen molar-refractivity contribution in [1.29, 1.82) is 0 Å². The summed E-state index contributed by atoms with van der Waals surface area (Å²) < 4.78 is 66.3. The number of anilines is 1. The normalized spacial score (nSPS) is 13.8. The molecular weight excluding hydrogens is 585 g/mol. The number of hydrogen-bond donors (Lipinski definition) is 2. The Morgan fingerprint density at radius 2 is 1.68 bits per heavy atom. The molecule has 3 aromatic rings. The molecule has 0 spiro atoms. The number of sulfonamides is 1. The fourth-order valence-electron chi connectivity index (χ4n) is 4.04. The van der Waals surface area contributed by atoms with Crippen molar-refractivity contribution in [2.24, 2.45) is 0 Å². The quantitative estimate of drug-likeness (QED) is 0.311. The second-order valence-corrected chi connectivity index (χ2v) is 11.6. The molecule has 0 aliphatic carbocycles. The summed E-state index contributed by atoms with van der Waals surface area (Å²) in [5, 5.41) is 17.1. The third-order valence-corrected chi connectivity index (χ3v) is 8.29. The summed E-state index contributed by atoms with van der Waals surface area (Å²) in [5.41, 5.74) is 1.93. The van der Waals surface area contributed by atoms with Crippen LogP contribution in [0.15, 0.2) is 71.6 Å². The van der Waals surface area contributed by atoms with Gasteiger partial charge in [-0.25, -0.2) is 13.2 Å². The first-order valence-electron chi connectivity index (χ1n) is 12.6. The van der Waals surface area contributed by atoms with E-state index in [-0.39, 0.29) is 17.2 Å². The molecule has 4 rings (SSSR count). The standard InChI is InChI=1S/C26H29ClN2O4S.C2HF3O2/c1-20-5-4-6-25(17-20)34(31,32)29(19-21-7-10-23(30)18-26(21)27)22-8-11-24(12-9-22)33-16-15-28-13-2-3-14-28;3-2(4,5)1(6)7/h4-12,17-18,30H,2-3,13-16,19H2,1H3;(H,6,7). The Balaban J connectivity index is 0.000000587. The van der Waals surface area contributed by atoms with Gasteiger partial charge in [0.1, 0.15) is 18.1 Å². The second kappa shape index (κ2) is 13.9. The highest BCUT2D eigenvalue weighted by atomic mass is 35.5. The van der Waals surface area contributed by atoms with Crippen LogP contribution < -0.4 is 9.04 Å². The van der Waals surface area contributed by atoms with E-state index >= 15 is 0 Å². The van der Waals surface area contributed by atoms with Crippen LogP contribution >= 0.6 is 11.6 Å². The zero-order valence-electron chi connectivity index (χ0n) is 22.1. The summed E-state index contributed by atoms with van der Waals surface area (Å²) >= 11 is 6.31. The molecule has 1 heterocycles. The third-order valence-electron chi connectivity index (χ3n) is 6.17. The number of ether oxygens (including phenoxy) is 1. The Labute approximate surface area is 241 Å². The molecular formula is C28H30ClF3N2O6S. The van der Waals surface area contributed by atoms with Gasteiger partial charge >= 0.3 is 12.1 Å². The summed E-state index contributed by atoms with van der Waals surface area (Å²) in [6, 6.07) is 18.4. The topological polar surface area (TPSA) is 107 Å². The van der Waals surface area contributed by atoms with Crippen LogP contribution in [0, 0.1) is 6.92 Å². The lowest BCUT2D eigenvalue weighted by molar-refractivity contribution is -0.192. The molecule has 0 atom stereocenters. The molecule has 1 fully saturated rings. The molecule has 1 aliphatic heterocycles. The number of aryl methyl sites for hydroxylation is 1. The first kappa shape index (κ1) is 32.0. The lowest BCUT2D eigenvalue weighted by Gasteiger charge is -2.25. The minimum atomic E-state index is -5.08. The van der Waals surface area contributed by atoms with E-state index in [1.807, 2.05) is 13.0 Å². The lowest BCUT2D eigenvalue weighted by Crippen LogP contribution is -2.30. The summed E-state index contributed by atoms with van der Waals surface area (Å²) in [5.74, 6) is -2.04. The van der Waals surface area contributed by atoms with Crippen LogP contribution in [0.3, 0.4) is 0 Å². The number of halogens is 4. The summed E-state index contributed by atoms with van der Waals surface area (Å²) in [6.45, 7) is 5.59.